The molecule has 7 heteroatoms. The van der Waals surface area contributed by atoms with E-state index in [2.05, 4.69) is 5.32 Å². The van der Waals surface area contributed by atoms with Crippen molar-refractivity contribution in [1.82, 2.24) is 4.31 Å². The molecule has 0 atom stereocenters. The van der Waals surface area contributed by atoms with Crippen LogP contribution in [0.15, 0.2) is 41.3 Å². The maximum absolute atomic E-state index is 12.8. The van der Waals surface area contributed by atoms with Gasteiger partial charge in [-0.25, -0.2) is 8.42 Å². The number of rotatable bonds is 6. The van der Waals surface area contributed by atoms with Crippen LogP contribution in [0.25, 0.3) is 0 Å². The Balaban J connectivity index is 2.38. The van der Waals surface area contributed by atoms with Crippen LogP contribution in [0.5, 0.6) is 5.75 Å². The molecule has 26 heavy (non-hydrogen) atoms. The third-order valence-corrected chi connectivity index (χ3v) is 6.37. The summed E-state index contributed by atoms with van der Waals surface area (Å²) in [5, 5.41) is 12.5. The maximum Gasteiger partial charge on any atom is 0.255 e. The summed E-state index contributed by atoms with van der Waals surface area (Å²) in [4.78, 5) is 12.6. The van der Waals surface area contributed by atoms with Crippen molar-refractivity contribution in [3.63, 3.8) is 0 Å². The van der Waals surface area contributed by atoms with Crippen LogP contribution in [0.1, 0.15) is 35.3 Å². The van der Waals surface area contributed by atoms with E-state index in [0.717, 1.165) is 5.56 Å². The zero-order chi connectivity index (χ0) is 19.5. The van der Waals surface area contributed by atoms with Gasteiger partial charge < -0.3 is 10.4 Å². The minimum absolute atomic E-state index is 0.0403. The van der Waals surface area contributed by atoms with Crippen molar-refractivity contribution in [2.75, 3.05) is 18.4 Å². The van der Waals surface area contributed by atoms with Gasteiger partial charge in [0.1, 0.15) is 5.75 Å². The normalized spacial score (nSPS) is 11.6. The summed E-state index contributed by atoms with van der Waals surface area (Å²) >= 11 is 0. The van der Waals surface area contributed by atoms with Crippen LogP contribution in [0.3, 0.4) is 0 Å². The smallest absolute Gasteiger partial charge is 0.255 e. The Labute approximate surface area is 154 Å². The average Bonchev–Trinajstić information content (AvgIpc) is 2.58. The molecule has 0 aliphatic heterocycles. The molecule has 2 aromatic rings. The molecule has 2 aromatic carbocycles. The molecule has 2 N–H and O–H groups in total. The van der Waals surface area contributed by atoms with Crippen LogP contribution in [0.4, 0.5) is 5.69 Å². The minimum atomic E-state index is -3.67. The van der Waals surface area contributed by atoms with Crippen LogP contribution in [0.2, 0.25) is 0 Å². The average molecular weight is 376 g/mol. The first-order valence-electron chi connectivity index (χ1n) is 8.42. The third-order valence-electron chi connectivity index (χ3n) is 4.18. The zero-order valence-electron chi connectivity index (χ0n) is 15.4. The number of phenolic OH excluding ortho intramolecular Hbond substituents is 1. The Hall–Kier alpha value is -2.38. The van der Waals surface area contributed by atoms with Gasteiger partial charge >= 0.3 is 0 Å². The highest BCUT2D eigenvalue weighted by Gasteiger charge is 2.24. The molecule has 6 nitrogen and oxygen atoms in total. The van der Waals surface area contributed by atoms with Crippen molar-refractivity contribution in [2.24, 2.45) is 0 Å². The largest absolute Gasteiger partial charge is 0.506 e. The van der Waals surface area contributed by atoms with E-state index in [4.69, 9.17) is 0 Å². The number of nitrogens with zero attached hydrogens (tertiary/aromatic N) is 1. The molecule has 1 amide bonds. The molecule has 2 rings (SSSR count). The number of benzene rings is 2. The molecule has 140 valence electrons. The van der Waals surface area contributed by atoms with Crippen LogP contribution >= 0.6 is 0 Å². The number of anilines is 1. The monoisotopic (exact) mass is 376 g/mol. The second kappa shape index (κ2) is 7.88. The number of aromatic hydroxyl groups is 1. The minimum Gasteiger partial charge on any atom is -0.506 e. The van der Waals surface area contributed by atoms with Gasteiger partial charge in [-0.3, -0.25) is 4.79 Å². The van der Waals surface area contributed by atoms with E-state index >= 15 is 0 Å². The van der Waals surface area contributed by atoms with E-state index < -0.39 is 15.9 Å². The van der Waals surface area contributed by atoms with Gasteiger partial charge in [-0.1, -0.05) is 26.0 Å². The van der Waals surface area contributed by atoms with Crippen molar-refractivity contribution < 1.29 is 18.3 Å². The van der Waals surface area contributed by atoms with Gasteiger partial charge in [0.25, 0.3) is 5.91 Å². The number of carbonyl (C=O) groups excluding carboxylic acids is 1. The van der Waals surface area contributed by atoms with Gasteiger partial charge in [0, 0.05) is 18.7 Å². The molecule has 0 aliphatic carbocycles. The summed E-state index contributed by atoms with van der Waals surface area (Å²) < 4.78 is 26.9. The molecule has 0 unspecified atom stereocenters. The molecule has 0 aromatic heterocycles. The summed E-state index contributed by atoms with van der Waals surface area (Å²) in [5.74, 6) is -0.526. The van der Waals surface area contributed by atoms with E-state index in [9.17, 15) is 18.3 Å². The van der Waals surface area contributed by atoms with E-state index in [1.54, 1.807) is 51.1 Å². The lowest BCUT2D eigenvalue weighted by Gasteiger charge is -2.20. The molecule has 0 spiro atoms. The van der Waals surface area contributed by atoms with E-state index in [-0.39, 0.29) is 21.9 Å². The molecule has 0 fully saturated rings. The lowest BCUT2D eigenvalue weighted by Crippen LogP contribution is -2.31. The van der Waals surface area contributed by atoms with Gasteiger partial charge in [-0.15, -0.1) is 0 Å². The van der Waals surface area contributed by atoms with Crippen molar-refractivity contribution in [1.29, 1.82) is 0 Å². The predicted octanol–water partition coefficient (Wildman–Crippen LogP) is 3.29. The molecule has 0 aliphatic rings. The second-order valence-corrected chi connectivity index (χ2v) is 7.95. The van der Waals surface area contributed by atoms with Crippen molar-refractivity contribution in [2.45, 2.75) is 32.6 Å². The summed E-state index contributed by atoms with van der Waals surface area (Å²) in [5.41, 5.74) is 1.92. The first-order chi connectivity index (χ1) is 12.2. The fraction of sp³-hybridized carbons (Fsp3) is 0.316. The first-order valence-corrected chi connectivity index (χ1v) is 9.86. The van der Waals surface area contributed by atoms with Gasteiger partial charge in [0.05, 0.1) is 10.6 Å². The highest BCUT2D eigenvalue weighted by Crippen LogP contribution is 2.26. The van der Waals surface area contributed by atoms with Crippen LogP contribution < -0.4 is 5.32 Å². The summed E-state index contributed by atoms with van der Waals surface area (Å²) in [6.45, 7) is 7.78. The van der Waals surface area contributed by atoms with E-state index in [1.165, 1.54) is 10.4 Å². The number of hydrogen-bond acceptors (Lipinski definition) is 4. The molecule has 0 bridgehead atoms. The van der Waals surface area contributed by atoms with E-state index in [1.807, 2.05) is 6.92 Å². The lowest BCUT2D eigenvalue weighted by atomic mass is 10.1. The molecular weight excluding hydrogens is 352 g/mol. The summed E-state index contributed by atoms with van der Waals surface area (Å²) in [7, 11) is -3.67. The van der Waals surface area contributed by atoms with E-state index in [0.29, 0.717) is 18.7 Å². The van der Waals surface area contributed by atoms with Crippen molar-refractivity contribution in [3.05, 3.63) is 53.1 Å². The van der Waals surface area contributed by atoms with Gasteiger partial charge in [0.15, 0.2) is 0 Å². The van der Waals surface area contributed by atoms with Crippen molar-refractivity contribution in [3.8, 4) is 5.75 Å². The quantitative estimate of drug-likeness (QED) is 0.758. The standard InChI is InChI=1S/C19H24N2O4S/c1-5-21(6-2)26(24,25)18-12-15(9-8-14(18)4)19(23)20-16-10-7-13(3)11-17(16)22/h7-12,22H,5-6H2,1-4H3,(H,20,23). The molecule has 0 heterocycles. The van der Waals surface area contributed by atoms with Gasteiger partial charge in [-0.05, 0) is 49.2 Å². The summed E-state index contributed by atoms with van der Waals surface area (Å²) in [6.07, 6.45) is 0. The Bertz CT molecular complexity index is 919. The number of phenols is 1. The fourth-order valence-electron chi connectivity index (χ4n) is 2.66. The Kier molecular flexibility index (Phi) is 6.05. The lowest BCUT2D eigenvalue weighted by molar-refractivity contribution is 0.102. The third kappa shape index (κ3) is 4.05. The molecular formula is C19H24N2O4S. The zero-order valence-corrected chi connectivity index (χ0v) is 16.2. The SMILES string of the molecule is CCN(CC)S(=O)(=O)c1cc(C(=O)Nc2ccc(C)cc2O)ccc1C. The fourth-order valence-corrected chi connectivity index (χ4v) is 4.37. The van der Waals surface area contributed by atoms with Crippen LogP contribution in [0, 0.1) is 13.8 Å². The Morgan fingerprint density at radius 2 is 1.73 bits per heavy atom. The topological polar surface area (TPSA) is 86.7 Å². The Morgan fingerprint density at radius 1 is 1.08 bits per heavy atom. The number of hydrogen-bond donors (Lipinski definition) is 2. The first kappa shape index (κ1) is 19.9. The number of carbonyl (C=O) groups is 1. The number of aryl methyl sites for hydroxylation is 2. The maximum atomic E-state index is 12.8. The van der Waals surface area contributed by atoms with Crippen LogP contribution in [-0.2, 0) is 10.0 Å². The van der Waals surface area contributed by atoms with Crippen molar-refractivity contribution >= 4 is 21.6 Å². The number of sulfonamides is 1. The molecule has 0 radical (unpaired) electrons. The molecule has 0 saturated heterocycles. The highest BCUT2D eigenvalue weighted by molar-refractivity contribution is 7.89. The molecule has 0 saturated carbocycles. The van der Waals surface area contributed by atoms with Crippen LogP contribution in [-0.4, -0.2) is 36.8 Å². The number of nitrogens with one attached hydrogen (secondary N) is 1. The number of amides is 1. The van der Waals surface area contributed by atoms with Gasteiger partial charge in [0.2, 0.25) is 10.0 Å². The van der Waals surface area contributed by atoms with Gasteiger partial charge in [-0.2, -0.15) is 4.31 Å². The summed E-state index contributed by atoms with van der Waals surface area (Å²) in [6, 6.07) is 9.47. The predicted molar refractivity (Wildman–Crippen MR) is 102 cm³/mol. The second-order valence-electron chi connectivity index (χ2n) is 6.04. The Morgan fingerprint density at radius 3 is 2.31 bits per heavy atom. The highest BCUT2D eigenvalue weighted by atomic mass is 32.2.